The Bertz CT molecular complexity index is 533. The second-order valence-corrected chi connectivity index (χ2v) is 7.68. The quantitative estimate of drug-likeness (QED) is 0.870. The van der Waals surface area contributed by atoms with Crippen LogP contribution in [0.2, 0.25) is 0 Å². The Balaban J connectivity index is 2.23. The Morgan fingerprint density at radius 3 is 2.65 bits per heavy atom. The van der Waals surface area contributed by atoms with Crippen molar-refractivity contribution in [3.63, 3.8) is 0 Å². The van der Waals surface area contributed by atoms with E-state index in [1.54, 1.807) is 12.4 Å². The molecule has 2 N–H and O–H groups in total. The average molecular weight is 297 g/mol. The van der Waals surface area contributed by atoms with Crippen LogP contribution in [0, 0.1) is 0 Å². The summed E-state index contributed by atoms with van der Waals surface area (Å²) in [6.07, 6.45) is 5.07. The smallest absolute Gasteiger partial charge is 0.152 e. The summed E-state index contributed by atoms with van der Waals surface area (Å²) in [6.45, 7) is 3.94. The van der Waals surface area contributed by atoms with E-state index in [4.69, 9.17) is 5.73 Å². The molecule has 1 unspecified atom stereocenters. The van der Waals surface area contributed by atoms with Gasteiger partial charge in [-0.3, -0.25) is 9.88 Å². The summed E-state index contributed by atoms with van der Waals surface area (Å²) in [5.74, 6) is 0.469. The molecule has 0 radical (unpaired) electrons. The lowest BCUT2D eigenvalue weighted by Gasteiger charge is -2.45. The Morgan fingerprint density at radius 1 is 1.40 bits per heavy atom. The van der Waals surface area contributed by atoms with Crippen molar-refractivity contribution < 1.29 is 8.42 Å². The molecular weight excluding hydrogens is 274 g/mol. The summed E-state index contributed by atoms with van der Waals surface area (Å²) < 4.78 is 24.0. The third kappa shape index (κ3) is 3.37. The molecule has 5 nitrogen and oxygen atoms in total. The first-order valence-corrected chi connectivity index (χ1v) is 8.88. The fourth-order valence-electron chi connectivity index (χ4n) is 3.04. The van der Waals surface area contributed by atoms with Gasteiger partial charge < -0.3 is 5.73 Å². The number of rotatable bonds is 5. The van der Waals surface area contributed by atoms with E-state index in [0.717, 1.165) is 18.5 Å². The zero-order chi connectivity index (χ0) is 14.6. The maximum atomic E-state index is 12.0. The zero-order valence-corrected chi connectivity index (χ0v) is 12.8. The molecule has 1 atom stereocenters. The van der Waals surface area contributed by atoms with Crippen LogP contribution in [-0.4, -0.2) is 48.4 Å². The van der Waals surface area contributed by atoms with Gasteiger partial charge in [-0.2, -0.15) is 0 Å². The van der Waals surface area contributed by atoms with E-state index in [0.29, 0.717) is 25.3 Å². The zero-order valence-electron chi connectivity index (χ0n) is 12.0. The average Bonchev–Trinajstić information content (AvgIpc) is 2.44. The molecule has 2 rings (SSSR count). The van der Waals surface area contributed by atoms with Crippen LogP contribution < -0.4 is 5.73 Å². The number of hydrogen-bond acceptors (Lipinski definition) is 5. The number of pyridine rings is 1. The van der Waals surface area contributed by atoms with Gasteiger partial charge in [0, 0.05) is 31.0 Å². The molecule has 0 bridgehead atoms. The fourth-order valence-corrected chi connectivity index (χ4v) is 5.03. The molecule has 0 amide bonds. The molecule has 0 spiro atoms. The summed E-state index contributed by atoms with van der Waals surface area (Å²) in [7, 11) is -2.98. The van der Waals surface area contributed by atoms with E-state index in [9.17, 15) is 8.42 Å². The van der Waals surface area contributed by atoms with Gasteiger partial charge in [0.15, 0.2) is 9.84 Å². The number of hydrogen-bond donors (Lipinski definition) is 1. The monoisotopic (exact) mass is 297 g/mol. The highest BCUT2D eigenvalue weighted by Crippen LogP contribution is 2.29. The predicted octanol–water partition coefficient (Wildman–Crippen LogP) is 0.810. The van der Waals surface area contributed by atoms with E-state index >= 15 is 0 Å². The van der Waals surface area contributed by atoms with Gasteiger partial charge in [-0.25, -0.2) is 8.42 Å². The molecule has 0 aromatic carbocycles. The van der Waals surface area contributed by atoms with Crippen molar-refractivity contribution in [3.05, 3.63) is 30.1 Å². The van der Waals surface area contributed by atoms with Crippen molar-refractivity contribution in [2.75, 3.05) is 24.6 Å². The second kappa shape index (κ2) is 6.20. The molecule has 6 heteroatoms. The molecule has 0 saturated carbocycles. The number of likely N-dealkylation sites (N-methyl/N-ethyl adjacent to an activating group) is 1. The molecule has 1 aromatic rings. The first-order valence-electron chi connectivity index (χ1n) is 7.06. The van der Waals surface area contributed by atoms with Crippen LogP contribution in [0.3, 0.4) is 0 Å². The number of aromatic nitrogens is 1. The third-order valence-electron chi connectivity index (χ3n) is 4.14. The molecule has 1 aliphatic heterocycles. The summed E-state index contributed by atoms with van der Waals surface area (Å²) >= 11 is 0. The fraction of sp³-hybridized carbons (Fsp3) is 0.643. The van der Waals surface area contributed by atoms with Gasteiger partial charge in [0.2, 0.25) is 0 Å². The molecule has 0 aliphatic carbocycles. The standard InChI is InChI=1S/C14H23N3O2S/c1-2-17(10-13-4-7-16-8-5-13)14(11-15)6-3-9-20(18,19)12-14/h4-5,7-8H,2-3,6,9-12,15H2,1H3. The molecule has 112 valence electrons. The van der Waals surface area contributed by atoms with Crippen molar-refractivity contribution in [1.82, 2.24) is 9.88 Å². The minimum absolute atomic E-state index is 0.176. The van der Waals surface area contributed by atoms with Gasteiger partial charge in [-0.1, -0.05) is 6.92 Å². The predicted molar refractivity (Wildman–Crippen MR) is 80.0 cm³/mol. The maximum absolute atomic E-state index is 12.0. The lowest BCUT2D eigenvalue weighted by atomic mass is 9.92. The Hall–Kier alpha value is -0.980. The van der Waals surface area contributed by atoms with Crippen molar-refractivity contribution in [2.45, 2.75) is 31.8 Å². The van der Waals surface area contributed by atoms with Crippen LogP contribution >= 0.6 is 0 Å². The van der Waals surface area contributed by atoms with E-state index in [2.05, 4.69) is 16.8 Å². The summed E-state index contributed by atoms with van der Waals surface area (Å²) in [6, 6.07) is 3.93. The summed E-state index contributed by atoms with van der Waals surface area (Å²) in [5.41, 5.74) is 6.69. The highest BCUT2D eigenvalue weighted by atomic mass is 32.2. The second-order valence-electron chi connectivity index (χ2n) is 5.49. The van der Waals surface area contributed by atoms with Gasteiger partial charge in [0.05, 0.1) is 11.5 Å². The van der Waals surface area contributed by atoms with Crippen molar-refractivity contribution in [3.8, 4) is 0 Å². The Morgan fingerprint density at radius 2 is 2.10 bits per heavy atom. The van der Waals surface area contributed by atoms with Crippen LogP contribution in [0.15, 0.2) is 24.5 Å². The van der Waals surface area contributed by atoms with Crippen molar-refractivity contribution >= 4 is 9.84 Å². The van der Waals surface area contributed by atoms with Crippen LogP contribution in [0.25, 0.3) is 0 Å². The largest absolute Gasteiger partial charge is 0.329 e. The number of nitrogens with zero attached hydrogens (tertiary/aromatic N) is 2. The summed E-state index contributed by atoms with van der Waals surface area (Å²) in [4.78, 5) is 6.22. The van der Waals surface area contributed by atoms with Crippen LogP contribution in [0.5, 0.6) is 0 Å². The van der Waals surface area contributed by atoms with Gasteiger partial charge in [-0.15, -0.1) is 0 Å². The minimum atomic E-state index is -2.98. The van der Waals surface area contributed by atoms with Crippen molar-refractivity contribution in [2.24, 2.45) is 5.73 Å². The van der Waals surface area contributed by atoms with Gasteiger partial charge >= 0.3 is 0 Å². The lowest BCUT2D eigenvalue weighted by molar-refractivity contribution is 0.0977. The lowest BCUT2D eigenvalue weighted by Crippen LogP contribution is -2.59. The van der Waals surface area contributed by atoms with Crippen LogP contribution in [-0.2, 0) is 16.4 Å². The highest BCUT2D eigenvalue weighted by molar-refractivity contribution is 7.91. The van der Waals surface area contributed by atoms with Crippen LogP contribution in [0.4, 0.5) is 0 Å². The van der Waals surface area contributed by atoms with Crippen molar-refractivity contribution in [1.29, 1.82) is 0 Å². The van der Waals surface area contributed by atoms with E-state index in [1.807, 2.05) is 12.1 Å². The molecule has 1 aliphatic rings. The molecule has 2 heterocycles. The first kappa shape index (κ1) is 15.4. The molecular formula is C14H23N3O2S. The topological polar surface area (TPSA) is 76.3 Å². The highest BCUT2D eigenvalue weighted by Gasteiger charge is 2.41. The molecule has 20 heavy (non-hydrogen) atoms. The van der Waals surface area contributed by atoms with E-state index in [1.165, 1.54) is 0 Å². The van der Waals surface area contributed by atoms with E-state index < -0.39 is 15.4 Å². The van der Waals surface area contributed by atoms with E-state index in [-0.39, 0.29) is 5.75 Å². The molecule has 1 fully saturated rings. The molecule has 1 saturated heterocycles. The third-order valence-corrected chi connectivity index (χ3v) is 6.03. The van der Waals surface area contributed by atoms with Crippen LogP contribution in [0.1, 0.15) is 25.3 Å². The Kier molecular flexibility index (Phi) is 4.78. The first-order chi connectivity index (χ1) is 9.51. The number of nitrogens with two attached hydrogens (primary N) is 1. The minimum Gasteiger partial charge on any atom is -0.329 e. The maximum Gasteiger partial charge on any atom is 0.152 e. The van der Waals surface area contributed by atoms with Gasteiger partial charge in [0.25, 0.3) is 0 Å². The Labute approximate surface area is 121 Å². The molecule has 1 aromatic heterocycles. The SMILES string of the molecule is CCN(Cc1ccncc1)C1(CN)CCCS(=O)(=O)C1. The van der Waals surface area contributed by atoms with Gasteiger partial charge in [0.1, 0.15) is 0 Å². The number of sulfone groups is 1. The van der Waals surface area contributed by atoms with Gasteiger partial charge in [-0.05, 0) is 37.1 Å². The normalized spacial score (nSPS) is 25.8. The summed E-state index contributed by atoms with van der Waals surface area (Å²) in [5, 5.41) is 0.